The molecule has 0 saturated heterocycles. The number of rotatable bonds is 1. The highest BCUT2D eigenvalue weighted by molar-refractivity contribution is 7.11. The van der Waals surface area contributed by atoms with Gasteiger partial charge in [0.1, 0.15) is 6.33 Å². The molecule has 6 nitrogen and oxygen atoms in total. The summed E-state index contributed by atoms with van der Waals surface area (Å²) in [6, 6.07) is -0.247. The number of hydrogen-bond acceptors (Lipinski definition) is 5. The Hall–Kier alpha value is -2.02. The zero-order valence-corrected chi connectivity index (χ0v) is 11.5. The van der Waals surface area contributed by atoms with Crippen molar-refractivity contribution in [2.45, 2.75) is 26.3 Å². The van der Waals surface area contributed by atoms with Crippen LogP contribution in [0.15, 0.2) is 23.8 Å². The van der Waals surface area contributed by atoms with Gasteiger partial charge in [0, 0.05) is 25.0 Å². The summed E-state index contributed by atoms with van der Waals surface area (Å²) in [6.07, 6.45) is 7.18. The van der Waals surface area contributed by atoms with E-state index in [1.54, 1.807) is 29.9 Å². The first-order valence-corrected chi connectivity index (χ1v) is 6.76. The molecule has 0 spiro atoms. The van der Waals surface area contributed by atoms with Crippen LogP contribution in [0.3, 0.4) is 0 Å². The Kier molecular flexibility index (Phi) is 2.90. The second-order valence-electron chi connectivity index (χ2n) is 4.33. The molecule has 1 aliphatic heterocycles. The van der Waals surface area contributed by atoms with Gasteiger partial charge in [-0.1, -0.05) is 0 Å². The van der Waals surface area contributed by atoms with Gasteiger partial charge in [0.05, 0.1) is 21.6 Å². The average Bonchev–Trinajstić information content (AvgIpc) is 3.08. The van der Waals surface area contributed by atoms with Gasteiger partial charge in [-0.2, -0.15) is 5.10 Å². The Morgan fingerprint density at radius 2 is 2.32 bits per heavy atom. The summed E-state index contributed by atoms with van der Waals surface area (Å²) in [7, 11) is 0. The Morgan fingerprint density at radius 1 is 1.47 bits per heavy atom. The van der Waals surface area contributed by atoms with E-state index in [4.69, 9.17) is 0 Å². The maximum Gasteiger partial charge on any atom is 0.350 e. The third-order valence-electron chi connectivity index (χ3n) is 2.99. The third-order valence-corrected chi connectivity index (χ3v) is 4.17. The van der Waals surface area contributed by atoms with Crippen LogP contribution in [0.5, 0.6) is 0 Å². The van der Waals surface area contributed by atoms with E-state index in [1.807, 2.05) is 13.8 Å². The number of amides is 1. The quantitative estimate of drug-likeness (QED) is 0.802. The van der Waals surface area contributed by atoms with Crippen LogP contribution < -0.4 is 0 Å². The molecule has 0 aromatic carbocycles. The van der Waals surface area contributed by atoms with Crippen LogP contribution in [0.25, 0.3) is 0 Å². The van der Waals surface area contributed by atoms with Crippen molar-refractivity contribution in [2.75, 3.05) is 0 Å². The Labute approximate surface area is 114 Å². The lowest BCUT2D eigenvalue weighted by atomic mass is 10.1. The van der Waals surface area contributed by atoms with Gasteiger partial charge in [-0.15, -0.1) is 11.3 Å². The van der Waals surface area contributed by atoms with Crippen LogP contribution in [0.4, 0.5) is 4.79 Å². The van der Waals surface area contributed by atoms with Gasteiger partial charge in [0.15, 0.2) is 0 Å². The molecule has 0 radical (unpaired) electrons. The van der Waals surface area contributed by atoms with Crippen LogP contribution in [0, 0.1) is 13.8 Å². The fraction of sp³-hybridized carbons (Fsp3) is 0.333. The van der Waals surface area contributed by atoms with Crippen LogP contribution in [0.2, 0.25) is 0 Å². The van der Waals surface area contributed by atoms with Crippen LogP contribution in [-0.4, -0.2) is 31.8 Å². The van der Waals surface area contributed by atoms with E-state index >= 15 is 0 Å². The second-order valence-corrected chi connectivity index (χ2v) is 5.56. The molecule has 1 amide bonds. The molecule has 1 unspecified atom stereocenters. The van der Waals surface area contributed by atoms with E-state index < -0.39 is 0 Å². The Balaban J connectivity index is 1.91. The van der Waals surface area contributed by atoms with Crippen molar-refractivity contribution in [3.8, 4) is 0 Å². The molecular weight excluding hydrogens is 262 g/mol. The minimum Gasteiger partial charge on any atom is -0.257 e. The van der Waals surface area contributed by atoms with Gasteiger partial charge >= 0.3 is 6.03 Å². The predicted octanol–water partition coefficient (Wildman–Crippen LogP) is 2.36. The van der Waals surface area contributed by atoms with Crippen molar-refractivity contribution in [2.24, 2.45) is 5.10 Å². The summed E-state index contributed by atoms with van der Waals surface area (Å²) in [5.74, 6) is 0. The van der Waals surface area contributed by atoms with Gasteiger partial charge in [-0.25, -0.2) is 19.8 Å². The fourth-order valence-corrected chi connectivity index (χ4v) is 3.19. The van der Waals surface area contributed by atoms with Gasteiger partial charge in [0.2, 0.25) is 0 Å². The molecule has 0 fully saturated rings. The average molecular weight is 275 g/mol. The molecule has 2 aromatic heterocycles. The maximum atomic E-state index is 12.3. The SMILES string of the molecule is Cc1nc(C)c(C2CC=NN2C(=O)n2ccnc2)s1. The lowest BCUT2D eigenvalue weighted by Gasteiger charge is -2.21. The number of aromatic nitrogens is 3. The third kappa shape index (κ3) is 2.06. The number of carbonyl (C=O) groups excluding carboxylic acids is 1. The highest BCUT2D eigenvalue weighted by Crippen LogP contribution is 2.34. The molecule has 3 heterocycles. The molecule has 1 aliphatic rings. The summed E-state index contributed by atoms with van der Waals surface area (Å²) >= 11 is 1.62. The lowest BCUT2D eigenvalue weighted by molar-refractivity contribution is 0.188. The predicted molar refractivity (Wildman–Crippen MR) is 72.3 cm³/mol. The van der Waals surface area contributed by atoms with Crippen molar-refractivity contribution in [1.29, 1.82) is 0 Å². The van der Waals surface area contributed by atoms with E-state index in [1.165, 1.54) is 15.9 Å². The number of thiazole rings is 1. The van der Waals surface area contributed by atoms with Gasteiger partial charge in [0.25, 0.3) is 0 Å². The van der Waals surface area contributed by atoms with Gasteiger partial charge in [-0.3, -0.25) is 4.57 Å². The standard InChI is InChI=1S/C12H13N5OS/c1-8-11(19-9(2)15-8)10-3-4-14-17(10)12(18)16-6-5-13-7-16/h4-7,10H,3H2,1-2H3. The first kappa shape index (κ1) is 12.0. The molecule has 3 rings (SSSR count). The highest BCUT2D eigenvalue weighted by atomic mass is 32.1. The molecule has 0 bridgehead atoms. The van der Waals surface area contributed by atoms with Gasteiger partial charge < -0.3 is 0 Å². The summed E-state index contributed by atoms with van der Waals surface area (Å²) in [6.45, 7) is 3.94. The van der Waals surface area contributed by atoms with E-state index in [0.717, 1.165) is 22.0 Å². The molecule has 0 N–H and O–H groups in total. The molecular formula is C12H13N5OS. The van der Waals surface area contributed by atoms with Crippen LogP contribution in [0.1, 0.15) is 28.0 Å². The maximum absolute atomic E-state index is 12.3. The van der Waals surface area contributed by atoms with Crippen molar-refractivity contribution >= 4 is 23.6 Å². The number of hydrogen-bond donors (Lipinski definition) is 0. The summed E-state index contributed by atoms with van der Waals surface area (Å²) in [4.78, 5) is 21.7. The molecule has 0 aliphatic carbocycles. The number of nitrogens with zero attached hydrogens (tertiary/aromatic N) is 5. The zero-order valence-electron chi connectivity index (χ0n) is 10.6. The number of hydrazone groups is 1. The normalized spacial score (nSPS) is 18.2. The smallest absolute Gasteiger partial charge is 0.257 e. The number of imidazole rings is 1. The molecule has 7 heteroatoms. The van der Waals surface area contributed by atoms with Crippen molar-refractivity contribution < 1.29 is 4.79 Å². The Morgan fingerprint density at radius 3 is 2.95 bits per heavy atom. The van der Waals surface area contributed by atoms with E-state index in [0.29, 0.717) is 0 Å². The number of aryl methyl sites for hydroxylation is 2. The van der Waals surface area contributed by atoms with E-state index in [9.17, 15) is 4.79 Å². The fourth-order valence-electron chi connectivity index (χ4n) is 2.16. The first-order chi connectivity index (χ1) is 9.16. The minimum atomic E-state index is -0.193. The summed E-state index contributed by atoms with van der Waals surface area (Å²) in [5, 5.41) is 6.70. The number of carbonyl (C=O) groups is 1. The largest absolute Gasteiger partial charge is 0.350 e. The topological polar surface area (TPSA) is 63.4 Å². The molecule has 19 heavy (non-hydrogen) atoms. The monoisotopic (exact) mass is 275 g/mol. The van der Waals surface area contributed by atoms with Crippen molar-refractivity contribution in [1.82, 2.24) is 19.5 Å². The minimum absolute atomic E-state index is 0.0545. The van der Waals surface area contributed by atoms with E-state index in [2.05, 4.69) is 15.1 Å². The van der Waals surface area contributed by atoms with Crippen molar-refractivity contribution in [3.63, 3.8) is 0 Å². The van der Waals surface area contributed by atoms with Gasteiger partial charge in [-0.05, 0) is 13.8 Å². The first-order valence-electron chi connectivity index (χ1n) is 5.94. The van der Waals surface area contributed by atoms with Crippen LogP contribution >= 0.6 is 11.3 Å². The van der Waals surface area contributed by atoms with Crippen LogP contribution in [-0.2, 0) is 0 Å². The zero-order chi connectivity index (χ0) is 13.4. The second kappa shape index (κ2) is 4.58. The summed E-state index contributed by atoms with van der Waals surface area (Å²) < 4.78 is 1.43. The Bertz CT molecular complexity index is 631. The molecule has 98 valence electrons. The molecule has 0 saturated carbocycles. The molecule has 2 aromatic rings. The summed E-state index contributed by atoms with van der Waals surface area (Å²) in [5.41, 5.74) is 0.974. The highest BCUT2D eigenvalue weighted by Gasteiger charge is 2.31. The van der Waals surface area contributed by atoms with E-state index in [-0.39, 0.29) is 12.1 Å². The van der Waals surface area contributed by atoms with Crippen molar-refractivity contribution in [3.05, 3.63) is 34.3 Å². The lowest BCUT2D eigenvalue weighted by Crippen LogP contribution is -2.30. The molecule has 1 atom stereocenters.